The highest BCUT2D eigenvalue weighted by Crippen LogP contribution is 2.21. The van der Waals surface area contributed by atoms with E-state index >= 15 is 0 Å². The molecule has 1 aromatic carbocycles. The molecule has 0 bridgehead atoms. The van der Waals surface area contributed by atoms with Crippen LogP contribution in [0, 0.1) is 11.3 Å². The smallest absolute Gasteiger partial charge is 0.251 e. The second kappa shape index (κ2) is 9.20. The summed E-state index contributed by atoms with van der Waals surface area (Å²) in [5, 5.41) is 9.08. The summed E-state index contributed by atoms with van der Waals surface area (Å²) in [5.41, 5.74) is 0.176. The van der Waals surface area contributed by atoms with Gasteiger partial charge in [-0.2, -0.15) is 5.26 Å². The van der Waals surface area contributed by atoms with E-state index in [1.54, 1.807) is 11.8 Å². The van der Waals surface area contributed by atoms with Gasteiger partial charge >= 0.3 is 0 Å². The van der Waals surface area contributed by atoms with E-state index in [9.17, 15) is 4.79 Å². The van der Waals surface area contributed by atoms with Crippen molar-refractivity contribution in [3.8, 4) is 11.9 Å². The van der Waals surface area contributed by atoms with E-state index in [1.807, 2.05) is 41.3 Å². The molecule has 1 unspecified atom stereocenters. The molecule has 1 atom stereocenters. The van der Waals surface area contributed by atoms with Crippen molar-refractivity contribution in [2.45, 2.75) is 30.3 Å². The first-order chi connectivity index (χ1) is 12.8. The minimum absolute atomic E-state index is 0.140. The number of carbonyl (C=O) groups is 1. The molecule has 0 saturated carbocycles. The first-order valence-corrected chi connectivity index (χ1v) is 9.58. The summed E-state index contributed by atoms with van der Waals surface area (Å²) in [6.45, 7) is 1.27. The van der Waals surface area contributed by atoms with Crippen LogP contribution in [-0.4, -0.2) is 45.7 Å². The maximum atomic E-state index is 12.5. The number of amides is 1. The van der Waals surface area contributed by atoms with E-state index in [1.165, 1.54) is 17.3 Å². The average Bonchev–Trinajstić information content (AvgIpc) is 2.69. The van der Waals surface area contributed by atoms with Crippen molar-refractivity contribution in [1.29, 1.82) is 5.26 Å². The van der Waals surface area contributed by atoms with E-state index in [2.05, 4.69) is 9.97 Å². The fraction of sp³-hybridized carbons (Fsp3) is 0.368. The third-order valence-corrected chi connectivity index (χ3v) is 5.12. The van der Waals surface area contributed by atoms with Crippen LogP contribution >= 0.6 is 11.8 Å². The summed E-state index contributed by atoms with van der Waals surface area (Å²) in [5.74, 6) is 1.14. The van der Waals surface area contributed by atoms with Gasteiger partial charge in [-0.1, -0.05) is 18.2 Å². The molecule has 134 valence electrons. The number of aromatic nitrogens is 2. The topological polar surface area (TPSA) is 79.1 Å². The Bertz CT molecular complexity index is 779. The molecule has 7 heteroatoms. The SMILES string of the molecule is N#Cc1nccnc1OC1CCCN(C(=O)CCSc2ccccc2)C1. The van der Waals surface area contributed by atoms with E-state index in [0.29, 0.717) is 13.0 Å². The van der Waals surface area contributed by atoms with Crippen LogP contribution in [0.4, 0.5) is 0 Å². The van der Waals surface area contributed by atoms with Crippen molar-refractivity contribution >= 4 is 17.7 Å². The lowest BCUT2D eigenvalue weighted by Crippen LogP contribution is -2.44. The van der Waals surface area contributed by atoms with Gasteiger partial charge in [-0.25, -0.2) is 9.97 Å². The molecule has 1 aromatic heterocycles. The summed E-state index contributed by atoms with van der Waals surface area (Å²) in [6.07, 6.45) is 5.03. The number of piperidine rings is 1. The van der Waals surface area contributed by atoms with Crippen molar-refractivity contribution < 1.29 is 9.53 Å². The molecule has 0 N–H and O–H groups in total. The lowest BCUT2D eigenvalue weighted by molar-refractivity contribution is -0.133. The zero-order valence-corrected chi connectivity index (χ0v) is 15.2. The monoisotopic (exact) mass is 368 g/mol. The molecular weight excluding hydrogens is 348 g/mol. The number of nitriles is 1. The average molecular weight is 368 g/mol. The number of nitrogens with zero attached hydrogens (tertiary/aromatic N) is 4. The molecule has 0 aliphatic carbocycles. The van der Waals surface area contributed by atoms with Crippen molar-refractivity contribution in [3.05, 3.63) is 48.4 Å². The first-order valence-electron chi connectivity index (χ1n) is 8.59. The lowest BCUT2D eigenvalue weighted by atomic mass is 10.1. The van der Waals surface area contributed by atoms with Crippen LogP contribution in [0.5, 0.6) is 5.88 Å². The highest BCUT2D eigenvalue weighted by Gasteiger charge is 2.25. The van der Waals surface area contributed by atoms with Crippen LogP contribution in [0.3, 0.4) is 0 Å². The molecule has 1 aliphatic heterocycles. The molecule has 26 heavy (non-hydrogen) atoms. The number of thioether (sulfide) groups is 1. The Kier molecular flexibility index (Phi) is 6.45. The fourth-order valence-electron chi connectivity index (χ4n) is 2.84. The summed E-state index contributed by atoms with van der Waals surface area (Å²) in [4.78, 5) is 23.5. The maximum Gasteiger partial charge on any atom is 0.251 e. The Balaban J connectivity index is 1.49. The fourth-order valence-corrected chi connectivity index (χ4v) is 3.70. The summed E-state index contributed by atoms with van der Waals surface area (Å²) in [6, 6.07) is 12.1. The van der Waals surface area contributed by atoms with Gasteiger partial charge in [-0.3, -0.25) is 4.79 Å². The summed E-state index contributed by atoms with van der Waals surface area (Å²) < 4.78 is 5.84. The van der Waals surface area contributed by atoms with Gasteiger partial charge in [0, 0.05) is 36.0 Å². The Morgan fingerprint density at radius 3 is 2.92 bits per heavy atom. The number of hydrogen-bond donors (Lipinski definition) is 0. The standard InChI is InChI=1S/C19H20N4O2S/c20-13-17-19(22-10-9-21-17)25-15-5-4-11-23(14-15)18(24)8-12-26-16-6-2-1-3-7-16/h1-3,6-7,9-10,15H,4-5,8,11-12,14H2. The molecule has 1 fully saturated rings. The van der Waals surface area contributed by atoms with Crippen LogP contribution < -0.4 is 4.74 Å². The normalized spacial score (nSPS) is 16.7. The van der Waals surface area contributed by atoms with Crippen LogP contribution in [0.25, 0.3) is 0 Å². The zero-order chi connectivity index (χ0) is 18.2. The minimum Gasteiger partial charge on any atom is -0.470 e. The lowest BCUT2D eigenvalue weighted by Gasteiger charge is -2.32. The second-order valence-electron chi connectivity index (χ2n) is 5.96. The number of benzene rings is 1. The van der Waals surface area contributed by atoms with E-state index in [-0.39, 0.29) is 23.6 Å². The quantitative estimate of drug-likeness (QED) is 0.730. The van der Waals surface area contributed by atoms with Crippen molar-refractivity contribution in [2.75, 3.05) is 18.8 Å². The molecule has 2 heterocycles. The van der Waals surface area contributed by atoms with Crippen LogP contribution in [-0.2, 0) is 4.79 Å². The zero-order valence-electron chi connectivity index (χ0n) is 14.4. The number of hydrogen-bond acceptors (Lipinski definition) is 6. The molecule has 1 amide bonds. The van der Waals surface area contributed by atoms with Gasteiger partial charge in [-0.15, -0.1) is 11.8 Å². The highest BCUT2D eigenvalue weighted by molar-refractivity contribution is 7.99. The number of ether oxygens (including phenoxy) is 1. The summed E-state index contributed by atoms with van der Waals surface area (Å²) in [7, 11) is 0. The number of carbonyl (C=O) groups excluding carboxylic acids is 1. The van der Waals surface area contributed by atoms with Gasteiger partial charge < -0.3 is 9.64 Å². The van der Waals surface area contributed by atoms with Crippen molar-refractivity contribution in [2.24, 2.45) is 0 Å². The van der Waals surface area contributed by atoms with Gasteiger partial charge in [-0.05, 0) is 25.0 Å². The Morgan fingerprint density at radius 2 is 2.12 bits per heavy atom. The Hall–Kier alpha value is -2.59. The molecule has 0 spiro atoms. The molecule has 1 saturated heterocycles. The Labute approximate surface area is 157 Å². The largest absolute Gasteiger partial charge is 0.470 e. The van der Waals surface area contributed by atoms with Gasteiger partial charge in [0.1, 0.15) is 12.2 Å². The first kappa shape index (κ1) is 18.2. The van der Waals surface area contributed by atoms with Gasteiger partial charge in [0.05, 0.1) is 6.54 Å². The number of likely N-dealkylation sites (tertiary alicyclic amines) is 1. The maximum absolute atomic E-state index is 12.5. The Morgan fingerprint density at radius 1 is 1.31 bits per heavy atom. The molecule has 0 radical (unpaired) electrons. The van der Waals surface area contributed by atoms with Crippen molar-refractivity contribution in [3.63, 3.8) is 0 Å². The molecule has 3 rings (SSSR count). The third kappa shape index (κ3) is 4.96. The van der Waals surface area contributed by atoms with Crippen LogP contribution in [0.1, 0.15) is 25.0 Å². The predicted octanol–water partition coefficient (Wildman–Crippen LogP) is 2.90. The second-order valence-corrected chi connectivity index (χ2v) is 7.12. The van der Waals surface area contributed by atoms with Crippen molar-refractivity contribution in [1.82, 2.24) is 14.9 Å². The van der Waals surface area contributed by atoms with Gasteiger partial charge in [0.2, 0.25) is 11.6 Å². The predicted molar refractivity (Wildman–Crippen MR) is 98.8 cm³/mol. The molecule has 1 aliphatic rings. The van der Waals surface area contributed by atoms with E-state index in [4.69, 9.17) is 10.00 Å². The molecule has 6 nitrogen and oxygen atoms in total. The highest BCUT2D eigenvalue weighted by atomic mass is 32.2. The molecular formula is C19H20N4O2S. The molecule has 2 aromatic rings. The minimum atomic E-state index is -0.154. The van der Waals surface area contributed by atoms with Gasteiger partial charge in [0.15, 0.2) is 0 Å². The summed E-state index contributed by atoms with van der Waals surface area (Å²) >= 11 is 1.69. The third-order valence-electron chi connectivity index (χ3n) is 4.11. The van der Waals surface area contributed by atoms with Gasteiger partial charge in [0.25, 0.3) is 5.88 Å². The van der Waals surface area contributed by atoms with E-state index < -0.39 is 0 Å². The van der Waals surface area contributed by atoms with E-state index in [0.717, 1.165) is 25.1 Å². The van der Waals surface area contributed by atoms with Crippen LogP contribution in [0.15, 0.2) is 47.6 Å². The number of rotatable bonds is 6. The van der Waals surface area contributed by atoms with Crippen LogP contribution in [0.2, 0.25) is 0 Å².